The van der Waals surface area contributed by atoms with Crippen LogP contribution in [0.1, 0.15) is 66.9 Å². The number of benzene rings is 2. The molecule has 2 aromatic carbocycles. The molecule has 256 valence electrons. The van der Waals surface area contributed by atoms with Gasteiger partial charge in [0, 0.05) is 48.1 Å². The molecule has 5 atom stereocenters. The highest BCUT2D eigenvalue weighted by molar-refractivity contribution is 9.10. The molecule has 0 fully saturated rings. The highest BCUT2D eigenvalue weighted by Crippen LogP contribution is 2.59. The van der Waals surface area contributed by atoms with Crippen LogP contribution in [0.3, 0.4) is 0 Å². The van der Waals surface area contributed by atoms with Crippen LogP contribution in [0, 0.1) is 23.7 Å². The monoisotopic (exact) mass is 721 g/mol. The van der Waals surface area contributed by atoms with Gasteiger partial charge < -0.3 is 30.5 Å². The molecule has 3 aliphatic rings. The molecule has 0 radical (unpaired) electrons. The van der Waals surface area contributed by atoms with Gasteiger partial charge in [-0.3, -0.25) is 19.2 Å². The third kappa shape index (κ3) is 7.90. The Kier molecular flexibility index (Phi) is 11.5. The molecule has 1 unspecified atom stereocenters. The average molecular weight is 723 g/mol. The summed E-state index contributed by atoms with van der Waals surface area (Å²) < 4.78 is 13.6. The van der Waals surface area contributed by atoms with Crippen LogP contribution in [-0.4, -0.2) is 61.2 Å². The molecule has 48 heavy (non-hydrogen) atoms. The Morgan fingerprint density at radius 3 is 2.54 bits per heavy atom. The predicted molar refractivity (Wildman–Crippen MR) is 184 cm³/mol. The summed E-state index contributed by atoms with van der Waals surface area (Å²) in [4.78, 5) is 51.3. The number of carbonyl (C=O) groups is 4. The van der Waals surface area contributed by atoms with Gasteiger partial charge in [-0.2, -0.15) is 0 Å². The normalized spacial score (nSPS) is 23.8. The zero-order valence-corrected chi connectivity index (χ0v) is 29.2. The number of allylic oxidation sites excluding steroid dienone is 2. The first kappa shape index (κ1) is 35.5. The van der Waals surface area contributed by atoms with Gasteiger partial charge in [-0.1, -0.05) is 48.0 Å². The van der Waals surface area contributed by atoms with E-state index in [9.17, 15) is 19.2 Å². The van der Waals surface area contributed by atoms with Crippen LogP contribution in [0.5, 0.6) is 5.75 Å². The van der Waals surface area contributed by atoms with Gasteiger partial charge in [0.1, 0.15) is 5.75 Å². The van der Waals surface area contributed by atoms with E-state index in [4.69, 9.17) is 14.6 Å². The maximum absolute atomic E-state index is 13.5. The second kappa shape index (κ2) is 15.6. The number of ketones is 1. The van der Waals surface area contributed by atoms with Gasteiger partial charge in [-0.25, -0.2) is 0 Å². The highest BCUT2D eigenvalue weighted by atomic mass is 79.9. The fourth-order valence-corrected chi connectivity index (χ4v) is 7.56. The van der Waals surface area contributed by atoms with E-state index < -0.39 is 11.7 Å². The first-order valence-electron chi connectivity index (χ1n) is 16.6. The Morgan fingerprint density at radius 2 is 1.83 bits per heavy atom. The lowest BCUT2D eigenvalue weighted by Crippen LogP contribution is -2.56. The smallest absolute Gasteiger partial charge is 0.251 e. The van der Waals surface area contributed by atoms with Crippen molar-refractivity contribution < 1.29 is 33.8 Å². The van der Waals surface area contributed by atoms with E-state index in [0.29, 0.717) is 42.2 Å². The minimum atomic E-state index is -1.17. The van der Waals surface area contributed by atoms with E-state index in [1.165, 1.54) is 6.08 Å². The van der Waals surface area contributed by atoms with Crippen LogP contribution in [-0.2, 0) is 25.7 Å². The molecule has 0 saturated heterocycles. The number of hydrogen-bond donors (Lipinski definition) is 4. The second-order valence-electron chi connectivity index (χ2n) is 13.1. The molecule has 10 nitrogen and oxygen atoms in total. The number of halogens is 1. The molecule has 11 heteroatoms. The van der Waals surface area contributed by atoms with E-state index in [2.05, 4.69) is 51.8 Å². The lowest BCUT2D eigenvalue weighted by atomic mass is 9.57. The van der Waals surface area contributed by atoms with Crippen molar-refractivity contribution in [3.05, 3.63) is 87.4 Å². The van der Waals surface area contributed by atoms with Crippen LogP contribution in [0.4, 0.5) is 0 Å². The van der Waals surface area contributed by atoms with Crippen molar-refractivity contribution >= 4 is 39.4 Å². The molecule has 5 rings (SSSR count). The predicted octanol–water partition coefficient (Wildman–Crippen LogP) is 4.57. The number of aliphatic hydroxyl groups is 1. The summed E-state index contributed by atoms with van der Waals surface area (Å²) >= 11 is 3.44. The SMILES string of the molecule is CO[C@]12C=CC(=O)C3=CC(CCCC(=O)NCC(=O)NCCO)[C@@H](CC(C)C)[C@H](c4cc(C(=O)NCc5ccc(Br)cc5)ccc4O1)[C@@H]32. The van der Waals surface area contributed by atoms with Gasteiger partial charge in [-0.05, 0) is 90.6 Å². The Hall–Kier alpha value is -3.80. The number of carbonyl (C=O) groups excluding carboxylic acids is 4. The minimum absolute atomic E-state index is 0.0184. The van der Waals surface area contributed by atoms with Gasteiger partial charge in [0.25, 0.3) is 5.91 Å². The summed E-state index contributed by atoms with van der Waals surface area (Å²) in [6, 6.07) is 13.3. The molecular weight excluding hydrogens is 678 g/mol. The van der Waals surface area contributed by atoms with E-state index >= 15 is 0 Å². The fourth-order valence-electron chi connectivity index (χ4n) is 7.29. The van der Waals surface area contributed by atoms with Crippen molar-refractivity contribution in [1.29, 1.82) is 0 Å². The Bertz CT molecular complexity index is 1590. The largest absolute Gasteiger partial charge is 0.458 e. The Balaban J connectivity index is 1.42. The number of fused-ring (bicyclic) bond motifs is 2. The standard InChI is InChI=1S/C37H44BrN3O7/c1-22(2)17-27-24(5-4-6-32(44)40-21-33(45)39-15-16-42)18-28-30(43)13-14-37(47-3)35(28)34(27)29-19-25(9-12-31(29)48-37)36(46)41-20-23-7-10-26(38)11-8-23/h7-14,18-19,22,24,27,34-35,42H,4-6,15-17,20-21H2,1-3H3,(H,39,45)(H,40,44)(H,41,46)/t24?,27-,34-,35-,37-/m1/s1. The molecule has 2 aromatic rings. The van der Waals surface area contributed by atoms with Crippen LogP contribution in [0.2, 0.25) is 0 Å². The summed E-state index contributed by atoms with van der Waals surface area (Å²) in [6.07, 6.45) is 7.61. The molecule has 0 bridgehead atoms. The average Bonchev–Trinajstić information content (AvgIpc) is 3.08. The van der Waals surface area contributed by atoms with Crippen LogP contribution in [0.25, 0.3) is 0 Å². The van der Waals surface area contributed by atoms with E-state index in [1.807, 2.05) is 36.4 Å². The molecule has 1 heterocycles. The molecule has 3 amide bonds. The number of amides is 3. The lowest BCUT2D eigenvalue weighted by Gasteiger charge is -2.54. The summed E-state index contributed by atoms with van der Waals surface area (Å²) in [5, 5.41) is 17.1. The molecule has 1 aliphatic heterocycles. The summed E-state index contributed by atoms with van der Waals surface area (Å²) in [7, 11) is 1.59. The molecule has 4 N–H and O–H groups in total. The molecule has 0 spiro atoms. The van der Waals surface area contributed by atoms with Gasteiger partial charge in [0.2, 0.25) is 17.6 Å². The van der Waals surface area contributed by atoms with Gasteiger partial charge in [0.05, 0.1) is 19.1 Å². The number of nitrogens with one attached hydrogen (secondary N) is 3. The number of hydrogen-bond acceptors (Lipinski definition) is 7. The first-order valence-corrected chi connectivity index (χ1v) is 17.3. The number of rotatable bonds is 14. The third-order valence-corrected chi connectivity index (χ3v) is 9.96. The van der Waals surface area contributed by atoms with Crippen LogP contribution < -0.4 is 20.7 Å². The number of ether oxygens (including phenoxy) is 2. The first-order chi connectivity index (χ1) is 23.0. The Morgan fingerprint density at radius 1 is 1.06 bits per heavy atom. The summed E-state index contributed by atoms with van der Waals surface area (Å²) in [6.45, 7) is 4.54. The zero-order valence-electron chi connectivity index (χ0n) is 27.6. The minimum Gasteiger partial charge on any atom is -0.458 e. The van der Waals surface area contributed by atoms with Crippen molar-refractivity contribution in [2.75, 3.05) is 26.8 Å². The van der Waals surface area contributed by atoms with E-state index in [-0.39, 0.29) is 67.4 Å². The third-order valence-electron chi connectivity index (χ3n) is 9.43. The number of aliphatic hydroxyl groups excluding tert-OH is 1. The zero-order chi connectivity index (χ0) is 34.4. The Labute approximate surface area is 289 Å². The van der Waals surface area contributed by atoms with Gasteiger partial charge in [-0.15, -0.1) is 0 Å². The van der Waals surface area contributed by atoms with Crippen molar-refractivity contribution in [2.45, 2.75) is 57.8 Å². The molecule has 0 aromatic heterocycles. The summed E-state index contributed by atoms with van der Waals surface area (Å²) in [5.74, 6) is -1.64. The topological polar surface area (TPSA) is 143 Å². The van der Waals surface area contributed by atoms with Gasteiger partial charge >= 0.3 is 0 Å². The molecule has 2 aliphatic carbocycles. The maximum atomic E-state index is 13.5. The number of methoxy groups -OCH3 is 1. The highest BCUT2D eigenvalue weighted by Gasteiger charge is 2.58. The maximum Gasteiger partial charge on any atom is 0.251 e. The van der Waals surface area contributed by atoms with Crippen molar-refractivity contribution in [1.82, 2.24) is 16.0 Å². The molecule has 0 saturated carbocycles. The summed E-state index contributed by atoms with van der Waals surface area (Å²) in [5.41, 5.74) is 2.99. The van der Waals surface area contributed by atoms with Crippen LogP contribution in [0.15, 0.2) is 70.7 Å². The second-order valence-corrected chi connectivity index (χ2v) is 14.0. The van der Waals surface area contributed by atoms with Crippen molar-refractivity contribution in [3.8, 4) is 5.75 Å². The van der Waals surface area contributed by atoms with E-state index in [1.54, 1.807) is 19.3 Å². The quantitative estimate of drug-likeness (QED) is 0.224. The fraction of sp³-hybridized carbons (Fsp3) is 0.459. The van der Waals surface area contributed by atoms with Crippen LogP contribution >= 0.6 is 15.9 Å². The molecular formula is C37H44BrN3O7. The van der Waals surface area contributed by atoms with Crippen molar-refractivity contribution in [3.63, 3.8) is 0 Å². The van der Waals surface area contributed by atoms with Crippen molar-refractivity contribution in [2.24, 2.45) is 23.7 Å². The van der Waals surface area contributed by atoms with Gasteiger partial charge in [0.15, 0.2) is 5.78 Å². The lowest BCUT2D eigenvalue weighted by molar-refractivity contribution is -0.180. The van der Waals surface area contributed by atoms with E-state index in [0.717, 1.165) is 22.0 Å².